The second-order valence-corrected chi connectivity index (χ2v) is 4.77. The predicted molar refractivity (Wildman–Crippen MR) is 85.8 cm³/mol. The molecule has 0 saturated heterocycles. The number of benzene rings is 2. The molecule has 0 aliphatic rings. The van der Waals surface area contributed by atoms with E-state index >= 15 is 0 Å². The van der Waals surface area contributed by atoms with Crippen molar-refractivity contribution in [2.24, 2.45) is 0 Å². The van der Waals surface area contributed by atoms with Gasteiger partial charge in [0.1, 0.15) is 11.5 Å². The highest BCUT2D eigenvalue weighted by Crippen LogP contribution is 2.30. The fraction of sp³-hybridized carbons (Fsp3) is 0.118. The Bertz CT molecular complexity index is 824. The molecule has 112 valence electrons. The molecule has 0 radical (unpaired) electrons. The number of nitrogens with one attached hydrogen (secondary N) is 2. The van der Waals surface area contributed by atoms with E-state index in [4.69, 9.17) is 9.47 Å². The van der Waals surface area contributed by atoms with Gasteiger partial charge in [0.15, 0.2) is 0 Å². The Morgan fingerprint density at radius 1 is 1.09 bits per heavy atom. The van der Waals surface area contributed by atoms with Gasteiger partial charge in [-0.15, -0.1) is 0 Å². The lowest BCUT2D eigenvalue weighted by Gasteiger charge is -2.11. The Balaban J connectivity index is 1.94. The Morgan fingerprint density at radius 3 is 2.68 bits per heavy atom. The van der Waals surface area contributed by atoms with E-state index < -0.39 is 0 Å². The number of amides is 1. The van der Waals surface area contributed by atoms with Crippen LogP contribution in [0.15, 0.2) is 48.7 Å². The molecule has 0 unspecified atom stereocenters. The van der Waals surface area contributed by atoms with Crippen molar-refractivity contribution < 1.29 is 14.3 Å². The van der Waals surface area contributed by atoms with Crippen molar-refractivity contribution in [2.45, 2.75) is 0 Å². The number of aromatic nitrogens is 1. The normalized spacial score (nSPS) is 10.5. The summed E-state index contributed by atoms with van der Waals surface area (Å²) in [5.74, 6) is 1.02. The molecule has 0 fully saturated rings. The first kappa shape index (κ1) is 14.0. The molecule has 2 N–H and O–H groups in total. The van der Waals surface area contributed by atoms with Gasteiger partial charge in [-0.2, -0.15) is 0 Å². The lowest BCUT2D eigenvalue weighted by Crippen LogP contribution is -2.12. The number of rotatable bonds is 4. The maximum absolute atomic E-state index is 12.5. The number of anilines is 1. The molecule has 0 spiro atoms. The standard InChI is InChI=1S/C17H16N2O3/c1-21-11-7-8-16(22-2)15(9-11)19-17(20)13-10-18-14-6-4-3-5-12(13)14/h3-10,18H,1-2H3,(H,19,20). The van der Waals surface area contributed by atoms with Gasteiger partial charge in [0.05, 0.1) is 25.5 Å². The topological polar surface area (TPSA) is 63.4 Å². The van der Waals surface area contributed by atoms with Crippen molar-refractivity contribution in [3.8, 4) is 11.5 Å². The van der Waals surface area contributed by atoms with Gasteiger partial charge < -0.3 is 19.8 Å². The third-order valence-corrected chi connectivity index (χ3v) is 3.49. The molecule has 0 atom stereocenters. The Labute approximate surface area is 127 Å². The summed E-state index contributed by atoms with van der Waals surface area (Å²) in [7, 11) is 3.14. The van der Waals surface area contributed by atoms with Gasteiger partial charge in [0.2, 0.25) is 0 Å². The fourth-order valence-corrected chi connectivity index (χ4v) is 2.36. The van der Waals surface area contributed by atoms with E-state index in [0.29, 0.717) is 22.7 Å². The Hall–Kier alpha value is -2.95. The van der Waals surface area contributed by atoms with Crippen LogP contribution in [0.4, 0.5) is 5.69 Å². The van der Waals surface area contributed by atoms with Crippen molar-refractivity contribution in [2.75, 3.05) is 19.5 Å². The second kappa shape index (κ2) is 5.81. The maximum atomic E-state index is 12.5. The molecule has 0 aliphatic heterocycles. The minimum absolute atomic E-state index is 0.205. The van der Waals surface area contributed by atoms with Gasteiger partial charge >= 0.3 is 0 Å². The second-order valence-electron chi connectivity index (χ2n) is 4.77. The molecule has 5 heteroatoms. The van der Waals surface area contributed by atoms with Crippen LogP contribution in [0.2, 0.25) is 0 Å². The van der Waals surface area contributed by atoms with Crippen LogP contribution in [-0.4, -0.2) is 25.1 Å². The molecule has 2 aromatic carbocycles. The average molecular weight is 296 g/mol. The number of H-pyrrole nitrogens is 1. The van der Waals surface area contributed by atoms with Gasteiger partial charge in [-0.05, 0) is 18.2 Å². The van der Waals surface area contributed by atoms with Crippen LogP contribution < -0.4 is 14.8 Å². The Kier molecular flexibility index (Phi) is 3.70. The van der Waals surface area contributed by atoms with Gasteiger partial charge in [0, 0.05) is 23.2 Å². The number of fused-ring (bicyclic) bond motifs is 1. The van der Waals surface area contributed by atoms with Crippen LogP contribution in [0.1, 0.15) is 10.4 Å². The van der Waals surface area contributed by atoms with E-state index in [0.717, 1.165) is 10.9 Å². The largest absolute Gasteiger partial charge is 0.497 e. The van der Waals surface area contributed by atoms with Crippen molar-refractivity contribution in [3.63, 3.8) is 0 Å². The van der Waals surface area contributed by atoms with E-state index in [9.17, 15) is 4.79 Å². The number of aromatic amines is 1. The molecule has 0 bridgehead atoms. The smallest absolute Gasteiger partial charge is 0.257 e. The first-order valence-electron chi connectivity index (χ1n) is 6.82. The number of carbonyl (C=O) groups excluding carboxylic acids is 1. The van der Waals surface area contributed by atoms with E-state index in [1.54, 1.807) is 38.6 Å². The zero-order valence-electron chi connectivity index (χ0n) is 12.3. The highest BCUT2D eigenvalue weighted by atomic mass is 16.5. The van der Waals surface area contributed by atoms with E-state index in [1.807, 2.05) is 24.3 Å². The molecule has 1 amide bonds. The highest BCUT2D eigenvalue weighted by Gasteiger charge is 2.14. The monoisotopic (exact) mass is 296 g/mol. The number of ether oxygens (including phenoxy) is 2. The van der Waals surface area contributed by atoms with Crippen molar-refractivity contribution >= 4 is 22.5 Å². The molecule has 22 heavy (non-hydrogen) atoms. The molecule has 1 heterocycles. The van der Waals surface area contributed by atoms with Crippen LogP contribution in [-0.2, 0) is 0 Å². The van der Waals surface area contributed by atoms with Crippen LogP contribution in [0.3, 0.4) is 0 Å². The summed E-state index contributed by atoms with van der Waals surface area (Å²) >= 11 is 0. The molecular formula is C17H16N2O3. The molecule has 0 saturated carbocycles. The van der Waals surface area contributed by atoms with Gasteiger partial charge in [-0.3, -0.25) is 4.79 Å². The molecular weight excluding hydrogens is 280 g/mol. The van der Waals surface area contributed by atoms with Crippen molar-refractivity contribution in [1.29, 1.82) is 0 Å². The summed E-state index contributed by atoms with van der Waals surface area (Å²) in [6, 6.07) is 12.9. The summed E-state index contributed by atoms with van der Waals surface area (Å²) < 4.78 is 10.5. The zero-order valence-corrected chi connectivity index (χ0v) is 12.3. The third-order valence-electron chi connectivity index (χ3n) is 3.49. The lowest BCUT2D eigenvalue weighted by atomic mass is 10.1. The number of hydrogen-bond acceptors (Lipinski definition) is 3. The summed E-state index contributed by atoms with van der Waals surface area (Å²) in [4.78, 5) is 15.6. The first-order chi connectivity index (χ1) is 10.7. The minimum Gasteiger partial charge on any atom is -0.497 e. The quantitative estimate of drug-likeness (QED) is 0.775. The zero-order chi connectivity index (χ0) is 15.5. The summed E-state index contributed by atoms with van der Waals surface area (Å²) in [6.07, 6.45) is 1.70. The summed E-state index contributed by atoms with van der Waals surface area (Å²) in [5, 5.41) is 3.74. The third kappa shape index (κ3) is 2.48. The summed E-state index contributed by atoms with van der Waals surface area (Å²) in [6.45, 7) is 0. The molecule has 5 nitrogen and oxygen atoms in total. The van der Waals surface area contributed by atoms with Crippen LogP contribution in [0.5, 0.6) is 11.5 Å². The molecule has 0 aliphatic carbocycles. The fourth-order valence-electron chi connectivity index (χ4n) is 2.36. The highest BCUT2D eigenvalue weighted by molar-refractivity contribution is 6.13. The van der Waals surface area contributed by atoms with E-state index in [2.05, 4.69) is 10.3 Å². The lowest BCUT2D eigenvalue weighted by molar-refractivity contribution is 0.102. The number of methoxy groups -OCH3 is 2. The van der Waals surface area contributed by atoms with Crippen LogP contribution >= 0.6 is 0 Å². The molecule has 3 aromatic rings. The maximum Gasteiger partial charge on any atom is 0.257 e. The Morgan fingerprint density at radius 2 is 1.91 bits per heavy atom. The number of para-hydroxylation sites is 1. The van der Waals surface area contributed by atoms with Gasteiger partial charge in [-0.1, -0.05) is 18.2 Å². The van der Waals surface area contributed by atoms with E-state index in [-0.39, 0.29) is 5.91 Å². The van der Waals surface area contributed by atoms with Crippen molar-refractivity contribution in [3.05, 3.63) is 54.2 Å². The van der Waals surface area contributed by atoms with Crippen LogP contribution in [0.25, 0.3) is 10.9 Å². The number of carbonyl (C=O) groups is 1. The molecule has 1 aromatic heterocycles. The van der Waals surface area contributed by atoms with Crippen LogP contribution in [0, 0.1) is 0 Å². The first-order valence-corrected chi connectivity index (χ1v) is 6.82. The average Bonchev–Trinajstić information content (AvgIpc) is 2.99. The van der Waals surface area contributed by atoms with E-state index in [1.165, 1.54) is 0 Å². The molecule has 3 rings (SSSR count). The predicted octanol–water partition coefficient (Wildman–Crippen LogP) is 3.44. The number of hydrogen-bond donors (Lipinski definition) is 2. The van der Waals surface area contributed by atoms with Crippen molar-refractivity contribution in [1.82, 2.24) is 4.98 Å². The SMILES string of the molecule is COc1ccc(OC)c(NC(=O)c2c[nH]c3ccccc23)c1. The summed E-state index contributed by atoms with van der Waals surface area (Å²) in [5.41, 5.74) is 2.07. The van der Waals surface area contributed by atoms with Gasteiger partial charge in [-0.25, -0.2) is 0 Å². The minimum atomic E-state index is -0.205. The van der Waals surface area contributed by atoms with Gasteiger partial charge in [0.25, 0.3) is 5.91 Å².